The number of aromatic amines is 1. The molecule has 0 bridgehead atoms. The summed E-state index contributed by atoms with van der Waals surface area (Å²) in [6.07, 6.45) is 0. The predicted molar refractivity (Wildman–Crippen MR) is 103 cm³/mol. The minimum absolute atomic E-state index is 0.102. The second-order valence-corrected chi connectivity index (χ2v) is 7.38. The Hall–Kier alpha value is -2.08. The number of nitrogens with one attached hydrogen (secondary N) is 1. The van der Waals surface area contributed by atoms with E-state index in [4.69, 9.17) is 23.2 Å². The highest BCUT2D eigenvalue weighted by atomic mass is 35.5. The van der Waals surface area contributed by atoms with Gasteiger partial charge in [0.05, 0.1) is 24.1 Å². The first-order valence-electron chi connectivity index (χ1n) is 8.45. The fraction of sp³-hybridized carbons (Fsp3) is 0.263. The number of piperazine rings is 1. The summed E-state index contributed by atoms with van der Waals surface area (Å²) < 4.78 is 0. The van der Waals surface area contributed by atoms with E-state index in [2.05, 4.69) is 14.9 Å². The van der Waals surface area contributed by atoms with Crippen LogP contribution in [0.3, 0.4) is 0 Å². The van der Waals surface area contributed by atoms with Crippen LogP contribution in [0.5, 0.6) is 0 Å². The zero-order valence-corrected chi connectivity index (χ0v) is 15.6. The van der Waals surface area contributed by atoms with Gasteiger partial charge in [0.1, 0.15) is 5.82 Å². The monoisotopic (exact) mass is 388 g/mol. The summed E-state index contributed by atoms with van der Waals surface area (Å²) in [6.45, 7) is 3.01. The number of para-hydroxylation sites is 2. The molecule has 1 amide bonds. The third-order valence-electron chi connectivity index (χ3n) is 4.51. The number of hydrogen-bond donors (Lipinski definition) is 1. The molecule has 0 radical (unpaired) electrons. The lowest BCUT2D eigenvalue weighted by Gasteiger charge is -2.34. The molecule has 0 atom stereocenters. The van der Waals surface area contributed by atoms with Crippen LogP contribution < -0.4 is 0 Å². The van der Waals surface area contributed by atoms with Gasteiger partial charge in [0.15, 0.2) is 0 Å². The van der Waals surface area contributed by atoms with E-state index in [1.165, 1.54) is 0 Å². The molecule has 1 fully saturated rings. The van der Waals surface area contributed by atoms with Gasteiger partial charge in [-0.1, -0.05) is 35.3 Å². The standard InChI is InChI=1S/C19H18Cl2N4O/c20-14-7-13(8-15(21)9-14)10-24-5-6-25(19(26)12-24)11-18-22-16-3-1-2-4-17(16)23-18/h1-4,7-9H,5-6,10-12H2,(H,22,23). The molecule has 1 saturated heterocycles. The molecular formula is C19H18Cl2N4O. The molecule has 1 aliphatic rings. The number of nitrogens with zero attached hydrogens (tertiary/aromatic N) is 3. The molecule has 0 unspecified atom stereocenters. The Labute approximate surface area is 161 Å². The number of imidazole rings is 1. The Balaban J connectivity index is 1.39. The number of H-pyrrole nitrogens is 1. The average molecular weight is 389 g/mol. The largest absolute Gasteiger partial charge is 0.340 e. The van der Waals surface area contributed by atoms with E-state index in [0.29, 0.717) is 36.2 Å². The van der Waals surface area contributed by atoms with E-state index < -0.39 is 0 Å². The van der Waals surface area contributed by atoms with Gasteiger partial charge < -0.3 is 9.88 Å². The van der Waals surface area contributed by atoms with Gasteiger partial charge in [-0.05, 0) is 35.9 Å². The number of rotatable bonds is 4. The normalized spacial score (nSPS) is 15.8. The fourth-order valence-corrected chi connectivity index (χ4v) is 3.85. The van der Waals surface area contributed by atoms with E-state index >= 15 is 0 Å². The lowest BCUT2D eigenvalue weighted by atomic mass is 10.2. The minimum Gasteiger partial charge on any atom is -0.340 e. The van der Waals surface area contributed by atoms with Crippen LogP contribution in [0.2, 0.25) is 10.0 Å². The molecular weight excluding hydrogens is 371 g/mol. The van der Waals surface area contributed by atoms with Crippen LogP contribution in [0.15, 0.2) is 42.5 Å². The molecule has 26 heavy (non-hydrogen) atoms. The Kier molecular flexibility index (Phi) is 4.85. The quantitative estimate of drug-likeness (QED) is 0.740. The smallest absolute Gasteiger partial charge is 0.237 e. The molecule has 0 aliphatic carbocycles. The van der Waals surface area contributed by atoms with Crippen LogP contribution in [-0.2, 0) is 17.9 Å². The summed E-state index contributed by atoms with van der Waals surface area (Å²) in [7, 11) is 0. The molecule has 1 N–H and O–H groups in total. The van der Waals surface area contributed by atoms with E-state index in [9.17, 15) is 4.79 Å². The topological polar surface area (TPSA) is 52.2 Å². The molecule has 7 heteroatoms. The number of hydrogen-bond acceptors (Lipinski definition) is 3. The number of amides is 1. The van der Waals surface area contributed by atoms with E-state index in [0.717, 1.165) is 29.0 Å². The van der Waals surface area contributed by atoms with Crippen molar-refractivity contribution in [1.82, 2.24) is 19.8 Å². The zero-order chi connectivity index (χ0) is 18.1. The second-order valence-electron chi connectivity index (χ2n) is 6.50. The molecule has 2 heterocycles. The fourth-order valence-electron chi connectivity index (χ4n) is 3.28. The summed E-state index contributed by atoms with van der Waals surface area (Å²) in [5, 5.41) is 1.23. The maximum Gasteiger partial charge on any atom is 0.237 e. The van der Waals surface area contributed by atoms with Gasteiger partial charge in [-0.3, -0.25) is 9.69 Å². The molecule has 2 aromatic carbocycles. The maximum absolute atomic E-state index is 12.5. The van der Waals surface area contributed by atoms with Crippen molar-refractivity contribution in [2.45, 2.75) is 13.1 Å². The molecule has 0 spiro atoms. The summed E-state index contributed by atoms with van der Waals surface area (Å²) in [5.41, 5.74) is 2.93. The highest BCUT2D eigenvalue weighted by molar-refractivity contribution is 6.34. The molecule has 134 valence electrons. The lowest BCUT2D eigenvalue weighted by Crippen LogP contribution is -2.49. The number of carbonyl (C=O) groups excluding carboxylic acids is 1. The van der Waals surface area contributed by atoms with Crippen molar-refractivity contribution >= 4 is 40.1 Å². The minimum atomic E-state index is 0.102. The zero-order valence-electron chi connectivity index (χ0n) is 14.1. The summed E-state index contributed by atoms with van der Waals surface area (Å²) in [6, 6.07) is 13.4. The van der Waals surface area contributed by atoms with Gasteiger partial charge in [0, 0.05) is 29.7 Å². The van der Waals surface area contributed by atoms with Gasteiger partial charge in [0.2, 0.25) is 5.91 Å². The Morgan fingerprint density at radius 1 is 1.04 bits per heavy atom. The average Bonchev–Trinajstić information content (AvgIpc) is 2.99. The van der Waals surface area contributed by atoms with Crippen molar-refractivity contribution in [3.05, 3.63) is 63.9 Å². The third kappa shape index (κ3) is 3.85. The van der Waals surface area contributed by atoms with Gasteiger partial charge in [-0.25, -0.2) is 4.98 Å². The maximum atomic E-state index is 12.5. The van der Waals surface area contributed by atoms with Crippen LogP contribution in [0.1, 0.15) is 11.4 Å². The molecule has 1 aromatic heterocycles. The highest BCUT2D eigenvalue weighted by Crippen LogP contribution is 2.21. The summed E-state index contributed by atoms with van der Waals surface area (Å²) in [4.78, 5) is 24.3. The number of benzene rings is 2. The van der Waals surface area contributed by atoms with Crippen LogP contribution in [0.4, 0.5) is 0 Å². The van der Waals surface area contributed by atoms with Gasteiger partial charge in [-0.15, -0.1) is 0 Å². The molecule has 0 saturated carbocycles. The van der Waals surface area contributed by atoms with Crippen LogP contribution >= 0.6 is 23.2 Å². The van der Waals surface area contributed by atoms with Gasteiger partial charge in [0.25, 0.3) is 0 Å². The Bertz CT molecular complexity index is 902. The van der Waals surface area contributed by atoms with Crippen molar-refractivity contribution in [2.75, 3.05) is 19.6 Å². The van der Waals surface area contributed by atoms with Gasteiger partial charge in [-0.2, -0.15) is 0 Å². The first kappa shape index (κ1) is 17.3. The molecule has 5 nitrogen and oxygen atoms in total. The lowest BCUT2D eigenvalue weighted by molar-refractivity contribution is -0.137. The Morgan fingerprint density at radius 2 is 1.81 bits per heavy atom. The summed E-state index contributed by atoms with van der Waals surface area (Å²) >= 11 is 12.1. The third-order valence-corrected chi connectivity index (χ3v) is 4.94. The van der Waals surface area contributed by atoms with Crippen molar-refractivity contribution < 1.29 is 4.79 Å². The number of halogens is 2. The number of carbonyl (C=O) groups is 1. The molecule has 3 aromatic rings. The SMILES string of the molecule is O=C1CN(Cc2cc(Cl)cc(Cl)c2)CCN1Cc1nc2ccccc2[nH]1. The first-order valence-corrected chi connectivity index (χ1v) is 9.21. The Morgan fingerprint density at radius 3 is 2.54 bits per heavy atom. The van der Waals surface area contributed by atoms with Crippen LogP contribution in [-0.4, -0.2) is 45.3 Å². The van der Waals surface area contributed by atoms with E-state index in [1.807, 2.05) is 41.3 Å². The van der Waals surface area contributed by atoms with Crippen molar-refractivity contribution in [1.29, 1.82) is 0 Å². The van der Waals surface area contributed by atoms with Crippen molar-refractivity contribution in [3.8, 4) is 0 Å². The molecule has 1 aliphatic heterocycles. The number of fused-ring (bicyclic) bond motifs is 1. The van der Waals surface area contributed by atoms with E-state index in [-0.39, 0.29) is 5.91 Å². The van der Waals surface area contributed by atoms with Crippen molar-refractivity contribution in [3.63, 3.8) is 0 Å². The first-order chi connectivity index (χ1) is 12.6. The second kappa shape index (κ2) is 7.27. The van der Waals surface area contributed by atoms with E-state index in [1.54, 1.807) is 6.07 Å². The molecule has 4 rings (SSSR count). The summed E-state index contributed by atoms with van der Waals surface area (Å²) in [5.74, 6) is 0.916. The number of aromatic nitrogens is 2. The van der Waals surface area contributed by atoms with Crippen LogP contribution in [0, 0.1) is 0 Å². The van der Waals surface area contributed by atoms with Crippen molar-refractivity contribution in [2.24, 2.45) is 0 Å². The highest BCUT2D eigenvalue weighted by Gasteiger charge is 2.24. The predicted octanol–water partition coefficient (Wildman–Crippen LogP) is 3.71. The van der Waals surface area contributed by atoms with Crippen LogP contribution in [0.25, 0.3) is 11.0 Å². The van der Waals surface area contributed by atoms with Gasteiger partial charge >= 0.3 is 0 Å².